The molecule has 14 heteroatoms. The Kier molecular flexibility index (Phi) is 17.2. The van der Waals surface area contributed by atoms with Gasteiger partial charge >= 0.3 is 0 Å². The standard InChI is InChI=1S/C53H63N3O9S2/c1-5-35-10-11-36-8-6-7-9-42(36)43(35)24-45-37(12-14-47(59)51(45)63-4)21-40(18-33-16-17-55-27-33)48(60)25-49(61)44(39-19-34(26-54-3)20-41(58)22-39)23-38-13-15-50(65-32-57)52-46(38)28-66-67-30-53(2,62)29-56-31-64-52/h6-17,19-20,22,27,40,44,48,54-60,62H,5,18,21,23-26,28-32H2,1-4H3/t40-,44+,48+,53-/m0/s1. The third-order valence-electron chi connectivity index (χ3n) is 12.6. The lowest BCUT2D eigenvalue weighted by Gasteiger charge is -2.27. The van der Waals surface area contributed by atoms with Crippen molar-refractivity contribution in [3.8, 4) is 28.7 Å². The number of methoxy groups -OCH3 is 1. The van der Waals surface area contributed by atoms with Gasteiger partial charge in [0.25, 0.3) is 0 Å². The summed E-state index contributed by atoms with van der Waals surface area (Å²) in [7, 11) is 6.45. The number of aromatic nitrogens is 1. The summed E-state index contributed by atoms with van der Waals surface area (Å²) >= 11 is 0. The number of rotatable bonds is 19. The normalized spacial score (nSPS) is 16.9. The predicted molar refractivity (Wildman–Crippen MR) is 267 cm³/mol. The highest BCUT2D eigenvalue weighted by Gasteiger charge is 2.32. The van der Waals surface area contributed by atoms with Gasteiger partial charge in [0.2, 0.25) is 0 Å². The minimum atomic E-state index is -1.10. The van der Waals surface area contributed by atoms with Gasteiger partial charge < -0.3 is 50.0 Å². The molecule has 0 bridgehead atoms. The SMILES string of the molecule is CCc1ccc2ccccc2c1Cc1c(C[C@H](Cc2cc[nH]c2)[C@H](O)CC(=O)[C@H](Cc2ccc(OCO)c3c2CSSC[C@@](C)(O)CNCO3)c2cc(O)cc(CNC)c2)ccc(O)c1OC. The number of aliphatic hydroxyl groups is 3. The maximum atomic E-state index is 15.2. The number of ether oxygens (including phenoxy) is 3. The highest BCUT2D eigenvalue weighted by atomic mass is 33.1. The Morgan fingerprint density at radius 1 is 0.940 bits per heavy atom. The van der Waals surface area contributed by atoms with E-state index < -0.39 is 30.3 Å². The molecule has 0 amide bonds. The third-order valence-corrected chi connectivity index (χ3v) is 15.1. The summed E-state index contributed by atoms with van der Waals surface area (Å²) in [6.07, 6.45) is 4.83. The largest absolute Gasteiger partial charge is 0.508 e. The average Bonchev–Trinajstić information content (AvgIpc) is 3.82. The van der Waals surface area contributed by atoms with Crippen LogP contribution >= 0.6 is 21.6 Å². The van der Waals surface area contributed by atoms with E-state index in [2.05, 4.69) is 46.8 Å². The number of Topliss-reactive ketones (excluding diaryl/α,β-unsaturated/α-hetero) is 1. The first-order chi connectivity index (χ1) is 32.4. The predicted octanol–water partition coefficient (Wildman–Crippen LogP) is 8.11. The number of carbonyl (C=O) groups excluding carboxylic acids is 1. The lowest BCUT2D eigenvalue weighted by Crippen LogP contribution is -2.41. The molecule has 0 saturated carbocycles. The first-order valence-corrected chi connectivity index (χ1v) is 25.3. The zero-order chi connectivity index (χ0) is 47.5. The van der Waals surface area contributed by atoms with Crippen LogP contribution in [0.2, 0.25) is 0 Å². The molecule has 8 N–H and O–H groups in total. The third kappa shape index (κ3) is 12.5. The van der Waals surface area contributed by atoms with Crippen molar-refractivity contribution < 1.29 is 44.5 Å². The Morgan fingerprint density at radius 2 is 1.75 bits per heavy atom. The lowest BCUT2D eigenvalue weighted by molar-refractivity contribution is -0.123. The number of ketones is 1. The summed E-state index contributed by atoms with van der Waals surface area (Å²) in [5.41, 5.74) is 7.04. The van der Waals surface area contributed by atoms with Crippen LogP contribution in [-0.4, -0.2) is 88.0 Å². The topological polar surface area (TPSA) is 186 Å². The highest BCUT2D eigenvalue weighted by Crippen LogP contribution is 2.43. The highest BCUT2D eigenvalue weighted by molar-refractivity contribution is 8.76. The molecule has 356 valence electrons. The molecule has 67 heavy (non-hydrogen) atoms. The lowest BCUT2D eigenvalue weighted by atomic mass is 9.80. The second-order valence-corrected chi connectivity index (χ2v) is 20.1. The van der Waals surface area contributed by atoms with Crippen molar-refractivity contribution in [3.05, 3.63) is 147 Å². The van der Waals surface area contributed by atoms with E-state index in [1.54, 1.807) is 49.1 Å². The number of β-amino-alcohol motifs (C(OH)–C–C–N with tert-alkyl or cyclic N) is 1. The molecule has 0 spiro atoms. The molecule has 1 aliphatic rings. The van der Waals surface area contributed by atoms with Gasteiger partial charge in [-0.25, -0.2) is 0 Å². The molecule has 0 aliphatic carbocycles. The fourth-order valence-corrected chi connectivity index (χ4v) is 11.8. The van der Waals surface area contributed by atoms with Crippen LogP contribution < -0.4 is 24.8 Å². The van der Waals surface area contributed by atoms with E-state index in [9.17, 15) is 25.5 Å². The van der Waals surface area contributed by atoms with Gasteiger partial charge in [-0.15, -0.1) is 0 Å². The monoisotopic (exact) mass is 949 g/mol. The molecule has 7 rings (SSSR count). The smallest absolute Gasteiger partial charge is 0.186 e. The van der Waals surface area contributed by atoms with Crippen molar-refractivity contribution in [2.75, 3.05) is 40.0 Å². The van der Waals surface area contributed by atoms with Crippen molar-refractivity contribution in [3.63, 3.8) is 0 Å². The number of hydrogen-bond acceptors (Lipinski definition) is 13. The summed E-state index contributed by atoms with van der Waals surface area (Å²) in [6.45, 7) is 4.16. The van der Waals surface area contributed by atoms with Gasteiger partial charge in [-0.2, -0.15) is 0 Å². The van der Waals surface area contributed by atoms with Crippen LogP contribution in [0.25, 0.3) is 10.8 Å². The van der Waals surface area contributed by atoms with Gasteiger partial charge in [0.1, 0.15) is 18.3 Å². The van der Waals surface area contributed by atoms with Crippen molar-refractivity contribution >= 4 is 38.1 Å². The van der Waals surface area contributed by atoms with E-state index in [4.69, 9.17) is 14.2 Å². The maximum Gasteiger partial charge on any atom is 0.186 e. The first kappa shape index (κ1) is 49.7. The number of H-pyrrole nitrogens is 1. The summed E-state index contributed by atoms with van der Waals surface area (Å²) < 4.78 is 17.8. The average molecular weight is 950 g/mol. The number of nitrogens with one attached hydrogen (secondary N) is 3. The van der Waals surface area contributed by atoms with Gasteiger partial charge in [-0.05, 0) is 126 Å². The summed E-state index contributed by atoms with van der Waals surface area (Å²) in [5.74, 6) is 0.671. The fraction of sp³-hybridized carbons (Fsp3) is 0.377. The second kappa shape index (κ2) is 23.2. The molecule has 1 aliphatic heterocycles. The molecule has 0 saturated heterocycles. The van der Waals surface area contributed by atoms with Crippen LogP contribution in [-0.2, 0) is 49.2 Å². The molecular formula is C53H63N3O9S2. The van der Waals surface area contributed by atoms with Crippen LogP contribution in [0.1, 0.15) is 76.3 Å². The minimum absolute atomic E-state index is 0.0251. The van der Waals surface area contributed by atoms with Crippen LogP contribution in [0.15, 0.2) is 97.3 Å². The summed E-state index contributed by atoms with van der Waals surface area (Å²) in [6, 6.07) is 26.9. The number of phenolic OH excluding ortho intramolecular Hbond substituents is 2. The summed E-state index contributed by atoms with van der Waals surface area (Å²) in [4.78, 5) is 18.3. The van der Waals surface area contributed by atoms with Crippen LogP contribution in [0.4, 0.5) is 0 Å². The molecule has 2 heterocycles. The van der Waals surface area contributed by atoms with E-state index in [1.165, 1.54) is 16.4 Å². The van der Waals surface area contributed by atoms with Gasteiger partial charge in [-0.1, -0.05) is 83.1 Å². The van der Waals surface area contributed by atoms with Gasteiger partial charge in [-0.3, -0.25) is 10.1 Å². The van der Waals surface area contributed by atoms with Crippen molar-refractivity contribution in [2.45, 2.75) is 82.3 Å². The van der Waals surface area contributed by atoms with E-state index >= 15 is 4.79 Å². The number of aryl methyl sites for hydroxylation is 1. The second-order valence-electron chi connectivity index (χ2n) is 17.6. The number of hydrogen-bond donors (Lipinski definition) is 8. The van der Waals surface area contributed by atoms with Gasteiger partial charge in [0.05, 0.1) is 18.8 Å². The Labute approximate surface area is 400 Å². The Balaban J connectivity index is 1.26. The summed E-state index contributed by atoms with van der Waals surface area (Å²) in [5, 5.41) is 64.0. The van der Waals surface area contributed by atoms with E-state index in [-0.39, 0.29) is 36.9 Å². The maximum absolute atomic E-state index is 15.2. The molecular weight excluding hydrogens is 887 g/mol. The van der Waals surface area contributed by atoms with E-state index in [1.807, 2.05) is 55.8 Å². The van der Waals surface area contributed by atoms with Gasteiger partial charge in [0, 0.05) is 66.9 Å². The molecule has 12 nitrogen and oxygen atoms in total. The number of aromatic hydroxyl groups is 2. The Bertz CT molecular complexity index is 2600. The van der Waals surface area contributed by atoms with Gasteiger partial charge in [0.15, 0.2) is 29.8 Å². The molecule has 5 aromatic carbocycles. The van der Waals surface area contributed by atoms with Crippen molar-refractivity contribution in [2.24, 2.45) is 5.92 Å². The number of carbonyl (C=O) groups is 1. The zero-order valence-corrected chi connectivity index (χ0v) is 40.3. The van der Waals surface area contributed by atoms with E-state index in [0.29, 0.717) is 66.7 Å². The molecule has 6 aromatic rings. The van der Waals surface area contributed by atoms with Crippen LogP contribution in [0.5, 0.6) is 28.7 Å². The number of aromatic amines is 1. The van der Waals surface area contributed by atoms with E-state index in [0.717, 1.165) is 56.1 Å². The van der Waals surface area contributed by atoms with Crippen LogP contribution in [0, 0.1) is 5.92 Å². The number of fused-ring (bicyclic) bond motifs is 2. The zero-order valence-electron chi connectivity index (χ0n) is 38.6. The molecule has 0 fully saturated rings. The first-order valence-electron chi connectivity index (χ1n) is 22.8. The molecule has 4 atom stereocenters. The molecule has 1 aromatic heterocycles. The van der Waals surface area contributed by atoms with Crippen molar-refractivity contribution in [1.82, 2.24) is 15.6 Å². The van der Waals surface area contributed by atoms with Crippen molar-refractivity contribution in [1.29, 1.82) is 0 Å². The molecule has 0 radical (unpaired) electrons. The Morgan fingerprint density at radius 3 is 2.51 bits per heavy atom. The number of phenols is 2. The minimum Gasteiger partial charge on any atom is -0.508 e. The quantitative estimate of drug-likeness (QED) is 0.0288. The number of aliphatic hydroxyl groups excluding tert-OH is 2. The Hall–Kier alpha value is -5.19. The number of benzene rings is 5. The fourth-order valence-electron chi connectivity index (χ4n) is 9.24. The van der Waals surface area contributed by atoms with Crippen LogP contribution in [0.3, 0.4) is 0 Å². The molecule has 0 unspecified atom stereocenters.